The van der Waals surface area contributed by atoms with Gasteiger partial charge in [-0.15, -0.1) is 0 Å². The normalized spacial score (nSPS) is 24.0. The Hall–Kier alpha value is -0.0800. The Morgan fingerprint density at radius 2 is 1.06 bits per heavy atom. The van der Waals surface area contributed by atoms with Gasteiger partial charge >= 0.3 is 0 Å². The first-order chi connectivity index (χ1) is 7.79. The molecule has 102 valence electrons. The molecule has 0 unspecified atom stereocenters. The lowest BCUT2D eigenvalue weighted by Crippen LogP contribution is -2.48. The number of hydrogen-bond donors (Lipinski definition) is 0. The maximum Gasteiger partial charge on any atom is 0.0101 e. The van der Waals surface area contributed by atoms with Crippen molar-refractivity contribution in [3.8, 4) is 0 Å². The maximum absolute atomic E-state index is 2.89. The second-order valence-corrected chi connectivity index (χ2v) is 6.12. The summed E-state index contributed by atoms with van der Waals surface area (Å²) in [7, 11) is 0. The molecule has 2 fully saturated rings. The summed E-state index contributed by atoms with van der Waals surface area (Å²) in [6, 6.07) is 2.58. The van der Waals surface area contributed by atoms with E-state index in [1.165, 1.54) is 64.2 Å². The van der Waals surface area contributed by atoms with Crippen LogP contribution >= 0.6 is 0 Å². The zero-order valence-electron chi connectivity index (χ0n) is 11.8. The van der Waals surface area contributed by atoms with Crippen molar-refractivity contribution in [1.82, 2.24) is 4.90 Å². The second-order valence-electron chi connectivity index (χ2n) is 6.12. The van der Waals surface area contributed by atoms with E-state index < -0.39 is 0 Å². The molecule has 2 nitrogen and oxygen atoms in total. The summed E-state index contributed by atoms with van der Waals surface area (Å²) >= 11 is 0. The molecule has 17 heavy (non-hydrogen) atoms. The van der Waals surface area contributed by atoms with Gasteiger partial charge in [-0.1, -0.05) is 38.5 Å². The van der Waals surface area contributed by atoms with Gasteiger partial charge in [0.05, 0.1) is 0 Å². The van der Waals surface area contributed by atoms with Crippen molar-refractivity contribution in [2.45, 2.75) is 96.2 Å². The van der Waals surface area contributed by atoms with Crippen molar-refractivity contribution >= 4 is 0 Å². The Bertz CT molecular complexity index is 175. The molecule has 0 amide bonds. The molecule has 2 heteroatoms. The highest BCUT2D eigenvalue weighted by Gasteiger charge is 2.30. The van der Waals surface area contributed by atoms with E-state index in [0.717, 1.165) is 18.1 Å². The predicted octanol–water partition coefficient (Wildman–Crippen LogP) is 3.54. The number of hydrogen-bond acceptors (Lipinski definition) is 1. The summed E-state index contributed by atoms with van der Waals surface area (Å²) in [6.07, 6.45) is 14.7. The first kappa shape index (κ1) is 15.0. The first-order valence-electron chi connectivity index (χ1n) is 7.56. The molecule has 0 aliphatic heterocycles. The summed E-state index contributed by atoms with van der Waals surface area (Å²) < 4.78 is 0. The fraction of sp³-hybridized carbons (Fsp3) is 1.00. The van der Waals surface area contributed by atoms with E-state index >= 15 is 0 Å². The van der Waals surface area contributed by atoms with Gasteiger partial charge in [0.2, 0.25) is 0 Å². The second kappa shape index (κ2) is 7.38. The molecule has 0 aromatic rings. The van der Waals surface area contributed by atoms with Crippen LogP contribution in [-0.4, -0.2) is 28.5 Å². The van der Waals surface area contributed by atoms with Crippen LogP contribution < -0.4 is 0 Å². The smallest absolute Gasteiger partial charge is 0.0101 e. The van der Waals surface area contributed by atoms with Crippen LogP contribution in [0.5, 0.6) is 0 Å². The molecule has 2 saturated carbocycles. The Morgan fingerprint density at radius 1 is 0.706 bits per heavy atom. The molecular weight excluding hydrogens is 210 g/mol. The number of nitrogens with zero attached hydrogens (tertiary/aromatic N) is 1. The first-order valence-corrected chi connectivity index (χ1v) is 7.56. The summed E-state index contributed by atoms with van der Waals surface area (Å²) in [5.74, 6) is 0. The molecule has 0 atom stereocenters. The van der Waals surface area contributed by atoms with Crippen molar-refractivity contribution < 1.29 is 5.48 Å². The average Bonchev–Trinajstić information content (AvgIpc) is 2.31. The van der Waals surface area contributed by atoms with Crippen LogP contribution in [0.2, 0.25) is 0 Å². The highest BCUT2D eigenvalue weighted by Crippen LogP contribution is 2.31. The minimum Gasteiger partial charge on any atom is -0.412 e. The fourth-order valence-corrected chi connectivity index (χ4v) is 3.90. The molecule has 0 radical (unpaired) electrons. The third-order valence-electron chi connectivity index (χ3n) is 4.59. The van der Waals surface area contributed by atoms with Gasteiger partial charge in [-0.05, 0) is 39.5 Å². The molecule has 0 aromatic carbocycles. The zero-order chi connectivity index (χ0) is 11.4. The number of rotatable bonds is 3. The Labute approximate surface area is 107 Å². The van der Waals surface area contributed by atoms with E-state index in [0.29, 0.717) is 0 Å². The molecule has 0 saturated heterocycles. The lowest BCUT2D eigenvalue weighted by atomic mass is 9.87. The minimum atomic E-state index is 0. The van der Waals surface area contributed by atoms with E-state index in [2.05, 4.69) is 18.7 Å². The van der Waals surface area contributed by atoms with Crippen molar-refractivity contribution in [2.24, 2.45) is 0 Å². The van der Waals surface area contributed by atoms with Crippen molar-refractivity contribution in [3.63, 3.8) is 0 Å². The SMILES string of the molecule is CC(C)N(C1CCCCC1)C1CCCCC1.O. The van der Waals surface area contributed by atoms with E-state index in [1.54, 1.807) is 0 Å². The molecule has 0 heterocycles. The van der Waals surface area contributed by atoms with Crippen LogP contribution in [0.15, 0.2) is 0 Å². The molecular formula is C15H31NO. The van der Waals surface area contributed by atoms with Gasteiger partial charge in [0.1, 0.15) is 0 Å². The Morgan fingerprint density at radius 3 is 1.35 bits per heavy atom. The highest BCUT2D eigenvalue weighted by molar-refractivity contribution is 4.85. The Kier molecular flexibility index (Phi) is 6.50. The average molecular weight is 241 g/mol. The van der Waals surface area contributed by atoms with Gasteiger partial charge in [-0.25, -0.2) is 0 Å². The van der Waals surface area contributed by atoms with E-state index in [4.69, 9.17) is 0 Å². The van der Waals surface area contributed by atoms with Crippen LogP contribution in [-0.2, 0) is 0 Å². The quantitative estimate of drug-likeness (QED) is 0.744. The third-order valence-corrected chi connectivity index (χ3v) is 4.59. The van der Waals surface area contributed by atoms with Gasteiger partial charge in [-0.2, -0.15) is 0 Å². The zero-order valence-corrected chi connectivity index (χ0v) is 11.8. The third kappa shape index (κ3) is 3.96. The fourth-order valence-electron chi connectivity index (χ4n) is 3.90. The lowest BCUT2D eigenvalue weighted by molar-refractivity contribution is 0.0512. The van der Waals surface area contributed by atoms with Crippen LogP contribution in [0.25, 0.3) is 0 Å². The largest absolute Gasteiger partial charge is 0.412 e. The standard InChI is InChI=1S/C15H29N.H2O/c1-13(2)16(14-9-5-3-6-10-14)15-11-7-4-8-12-15;/h13-15H,3-12H2,1-2H3;1H2. The molecule has 0 aromatic heterocycles. The van der Waals surface area contributed by atoms with Gasteiger partial charge in [0.15, 0.2) is 0 Å². The van der Waals surface area contributed by atoms with E-state index in [1.807, 2.05) is 0 Å². The molecule has 2 rings (SSSR count). The molecule has 0 spiro atoms. The summed E-state index contributed by atoms with van der Waals surface area (Å²) in [6.45, 7) is 4.81. The van der Waals surface area contributed by atoms with Crippen molar-refractivity contribution in [2.75, 3.05) is 0 Å². The highest BCUT2D eigenvalue weighted by atomic mass is 16.0. The topological polar surface area (TPSA) is 34.7 Å². The Balaban J connectivity index is 0.00000144. The minimum absolute atomic E-state index is 0. The van der Waals surface area contributed by atoms with Gasteiger partial charge in [0.25, 0.3) is 0 Å². The summed E-state index contributed by atoms with van der Waals surface area (Å²) in [4.78, 5) is 2.89. The predicted molar refractivity (Wildman–Crippen MR) is 74.3 cm³/mol. The molecule has 2 N–H and O–H groups in total. The van der Waals surface area contributed by atoms with Crippen LogP contribution in [0.3, 0.4) is 0 Å². The summed E-state index contributed by atoms with van der Waals surface area (Å²) in [5.41, 5.74) is 0. The van der Waals surface area contributed by atoms with E-state index in [9.17, 15) is 0 Å². The van der Waals surface area contributed by atoms with Crippen molar-refractivity contribution in [1.29, 1.82) is 0 Å². The van der Waals surface area contributed by atoms with E-state index in [-0.39, 0.29) is 5.48 Å². The molecule has 0 bridgehead atoms. The maximum atomic E-state index is 2.89. The molecule has 2 aliphatic carbocycles. The van der Waals surface area contributed by atoms with Gasteiger partial charge < -0.3 is 5.48 Å². The summed E-state index contributed by atoms with van der Waals surface area (Å²) in [5, 5.41) is 0. The lowest BCUT2D eigenvalue weighted by Gasteiger charge is -2.44. The van der Waals surface area contributed by atoms with Gasteiger partial charge in [0, 0.05) is 18.1 Å². The van der Waals surface area contributed by atoms with Crippen LogP contribution in [0, 0.1) is 0 Å². The van der Waals surface area contributed by atoms with Crippen LogP contribution in [0.1, 0.15) is 78.1 Å². The monoisotopic (exact) mass is 241 g/mol. The van der Waals surface area contributed by atoms with Crippen LogP contribution in [0.4, 0.5) is 0 Å². The van der Waals surface area contributed by atoms with Gasteiger partial charge in [-0.3, -0.25) is 4.90 Å². The van der Waals surface area contributed by atoms with Crippen molar-refractivity contribution in [3.05, 3.63) is 0 Å². The molecule has 2 aliphatic rings.